The molecule has 0 bridgehead atoms. The van der Waals surface area contributed by atoms with Crippen molar-refractivity contribution in [2.24, 2.45) is 11.7 Å². The molecule has 0 aliphatic rings. The fourth-order valence-corrected chi connectivity index (χ4v) is 1.56. The fourth-order valence-electron chi connectivity index (χ4n) is 1.56. The van der Waals surface area contributed by atoms with E-state index < -0.39 is 0 Å². The summed E-state index contributed by atoms with van der Waals surface area (Å²) in [4.78, 5) is 0. The normalized spacial score (nSPS) is 12.8. The molecule has 0 heterocycles. The Morgan fingerprint density at radius 2 is 1.71 bits per heavy atom. The van der Waals surface area contributed by atoms with E-state index in [9.17, 15) is 0 Å². The summed E-state index contributed by atoms with van der Waals surface area (Å²) in [5.74, 6) is 1.66. The molecule has 0 fully saturated rings. The molecule has 1 aromatic carbocycles. The van der Waals surface area contributed by atoms with Crippen LogP contribution in [-0.2, 0) is 6.42 Å². The van der Waals surface area contributed by atoms with Crippen molar-refractivity contribution in [3.63, 3.8) is 0 Å². The zero-order valence-corrected chi connectivity index (χ0v) is 11.3. The van der Waals surface area contributed by atoms with Crippen molar-refractivity contribution in [2.45, 2.75) is 46.1 Å². The average Bonchev–Trinajstić information content (AvgIpc) is 2.27. The summed E-state index contributed by atoms with van der Waals surface area (Å²) in [5.41, 5.74) is 7.07. The number of aryl methyl sites for hydroxylation is 1. The van der Waals surface area contributed by atoms with Crippen molar-refractivity contribution in [2.75, 3.05) is 6.61 Å². The van der Waals surface area contributed by atoms with E-state index in [0.717, 1.165) is 31.6 Å². The topological polar surface area (TPSA) is 35.2 Å². The molecular weight excluding hydrogens is 210 g/mol. The lowest BCUT2D eigenvalue weighted by molar-refractivity contribution is 0.289. The highest BCUT2D eigenvalue weighted by molar-refractivity contribution is 5.27. The molecule has 0 aromatic heterocycles. The Morgan fingerprint density at radius 3 is 2.24 bits per heavy atom. The molecule has 1 rings (SSSR count). The molecule has 0 saturated heterocycles. The third-order valence-electron chi connectivity index (χ3n) is 2.78. The highest BCUT2D eigenvalue weighted by atomic mass is 16.5. The molecule has 0 aliphatic heterocycles. The van der Waals surface area contributed by atoms with Crippen molar-refractivity contribution in [1.82, 2.24) is 0 Å². The second-order valence-electron chi connectivity index (χ2n) is 5.19. The zero-order valence-electron chi connectivity index (χ0n) is 11.3. The monoisotopic (exact) mass is 235 g/mol. The molecule has 0 spiro atoms. The van der Waals surface area contributed by atoms with E-state index in [-0.39, 0.29) is 6.04 Å². The van der Waals surface area contributed by atoms with Gasteiger partial charge < -0.3 is 10.5 Å². The summed E-state index contributed by atoms with van der Waals surface area (Å²) >= 11 is 0. The van der Waals surface area contributed by atoms with Crippen LogP contribution in [0.4, 0.5) is 0 Å². The Bertz CT molecular complexity index is 303. The van der Waals surface area contributed by atoms with Crippen LogP contribution in [0, 0.1) is 5.92 Å². The largest absolute Gasteiger partial charge is 0.494 e. The van der Waals surface area contributed by atoms with Crippen LogP contribution in [0.2, 0.25) is 0 Å². The highest BCUT2D eigenvalue weighted by Gasteiger charge is 1.99. The molecule has 1 aromatic rings. The SMILES string of the molecule is CC(C)CCOc1ccc(CCC(C)N)cc1. The van der Waals surface area contributed by atoms with Crippen LogP contribution in [-0.4, -0.2) is 12.6 Å². The van der Waals surface area contributed by atoms with Gasteiger partial charge >= 0.3 is 0 Å². The molecule has 1 unspecified atom stereocenters. The van der Waals surface area contributed by atoms with E-state index in [2.05, 4.69) is 38.1 Å². The summed E-state index contributed by atoms with van der Waals surface area (Å²) in [6.07, 6.45) is 3.18. The fraction of sp³-hybridized carbons (Fsp3) is 0.600. The maximum Gasteiger partial charge on any atom is 0.119 e. The summed E-state index contributed by atoms with van der Waals surface area (Å²) in [7, 11) is 0. The van der Waals surface area contributed by atoms with Gasteiger partial charge in [0.2, 0.25) is 0 Å². The van der Waals surface area contributed by atoms with Gasteiger partial charge in [0, 0.05) is 6.04 Å². The lowest BCUT2D eigenvalue weighted by atomic mass is 10.1. The minimum atomic E-state index is 0.275. The lowest BCUT2D eigenvalue weighted by Gasteiger charge is -2.09. The van der Waals surface area contributed by atoms with Gasteiger partial charge in [0.15, 0.2) is 0 Å². The van der Waals surface area contributed by atoms with E-state index in [4.69, 9.17) is 10.5 Å². The number of hydrogen-bond acceptors (Lipinski definition) is 2. The molecule has 2 nitrogen and oxygen atoms in total. The Hall–Kier alpha value is -1.02. The second-order valence-corrected chi connectivity index (χ2v) is 5.19. The van der Waals surface area contributed by atoms with Crippen LogP contribution in [0.25, 0.3) is 0 Å². The maximum atomic E-state index is 5.74. The van der Waals surface area contributed by atoms with Crippen LogP contribution in [0.15, 0.2) is 24.3 Å². The maximum absolute atomic E-state index is 5.74. The molecule has 2 heteroatoms. The molecule has 2 N–H and O–H groups in total. The van der Waals surface area contributed by atoms with Crippen LogP contribution < -0.4 is 10.5 Å². The molecule has 17 heavy (non-hydrogen) atoms. The first-order chi connectivity index (χ1) is 8.08. The third-order valence-corrected chi connectivity index (χ3v) is 2.78. The summed E-state index contributed by atoms with van der Waals surface area (Å²) in [6, 6.07) is 8.64. The number of hydrogen-bond donors (Lipinski definition) is 1. The van der Waals surface area contributed by atoms with Gasteiger partial charge in [0.1, 0.15) is 5.75 Å². The van der Waals surface area contributed by atoms with Gasteiger partial charge in [-0.25, -0.2) is 0 Å². The van der Waals surface area contributed by atoms with Crippen molar-refractivity contribution >= 4 is 0 Å². The van der Waals surface area contributed by atoms with Crippen LogP contribution >= 0.6 is 0 Å². The van der Waals surface area contributed by atoms with Crippen LogP contribution in [0.3, 0.4) is 0 Å². The standard InChI is InChI=1S/C15H25NO/c1-12(2)10-11-17-15-8-6-14(7-9-15)5-4-13(3)16/h6-9,12-13H,4-5,10-11,16H2,1-3H3. The van der Waals surface area contributed by atoms with E-state index >= 15 is 0 Å². The second kappa shape index (κ2) is 7.33. The van der Waals surface area contributed by atoms with Crippen molar-refractivity contribution in [3.05, 3.63) is 29.8 Å². The molecule has 0 amide bonds. The minimum Gasteiger partial charge on any atom is -0.494 e. The Labute approximate surface area is 105 Å². The van der Waals surface area contributed by atoms with Gasteiger partial charge in [-0.3, -0.25) is 0 Å². The Kier molecular flexibility index (Phi) is 6.06. The number of ether oxygens (including phenoxy) is 1. The highest BCUT2D eigenvalue weighted by Crippen LogP contribution is 2.14. The van der Waals surface area contributed by atoms with Gasteiger partial charge in [0.25, 0.3) is 0 Å². The minimum absolute atomic E-state index is 0.275. The smallest absolute Gasteiger partial charge is 0.119 e. The van der Waals surface area contributed by atoms with Crippen molar-refractivity contribution in [1.29, 1.82) is 0 Å². The molecule has 0 saturated carbocycles. The molecule has 0 radical (unpaired) electrons. The first kappa shape index (κ1) is 14.0. The summed E-state index contributed by atoms with van der Waals surface area (Å²) in [6.45, 7) is 7.27. The van der Waals surface area contributed by atoms with E-state index in [1.54, 1.807) is 0 Å². The molecule has 1 atom stereocenters. The molecule has 96 valence electrons. The predicted molar refractivity (Wildman–Crippen MR) is 73.4 cm³/mol. The number of rotatable bonds is 7. The van der Waals surface area contributed by atoms with Crippen LogP contribution in [0.5, 0.6) is 5.75 Å². The third kappa shape index (κ3) is 6.32. The molecular formula is C15H25NO. The first-order valence-corrected chi connectivity index (χ1v) is 6.55. The van der Waals surface area contributed by atoms with E-state index in [1.165, 1.54) is 5.56 Å². The van der Waals surface area contributed by atoms with Gasteiger partial charge in [-0.15, -0.1) is 0 Å². The number of benzene rings is 1. The number of nitrogens with two attached hydrogens (primary N) is 1. The summed E-state index contributed by atoms with van der Waals surface area (Å²) in [5, 5.41) is 0. The quantitative estimate of drug-likeness (QED) is 0.786. The van der Waals surface area contributed by atoms with Crippen molar-refractivity contribution < 1.29 is 4.74 Å². The van der Waals surface area contributed by atoms with Gasteiger partial charge in [-0.2, -0.15) is 0 Å². The summed E-state index contributed by atoms with van der Waals surface area (Å²) < 4.78 is 5.67. The average molecular weight is 235 g/mol. The van der Waals surface area contributed by atoms with Crippen LogP contribution in [0.1, 0.15) is 39.2 Å². The van der Waals surface area contributed by atoms with Crippen molar-refractivity contribution in [3.8, 4) is 5.75 Å². The predicted octanol–water partition coefficient (Wildman–Crippen LogP) is 3.39. The Morgan fingerprint density at radius 1 is 1.06 bits per heavy atom. The van der Waals surface area contributed by atoms with E-state index in [0.29, 0.717) is 5.92 Å². The Balaban J connectivity index is 2.34. The van der Waals surface area contributed by atoms with Gasteiger partial charge in [-0.05, 0) is 49.8 Å². The van der Waals surface area contributed by atoms with Gasteiger partial charge in [0.05, 0.1) is 6.61 Å². The zero-order chi connectivity index (χ0) is 12.7. The van der Waals surface area contributed by atoms with E-state index in [1.807, 2.05) is 6.92 Å². The first-order valence-electron chi connectivity index (χ1n) is 6.55. The lowest BCUT2D eigenvalue weighted by Crippen LogP contribution is -2.15. The van der Waals surface area contributed by atoms with Gasteiger partial charge in [-0.1, -0.05) is 26.0 Å². The molecule has 0 aliphatic carbocycles.